The summed E-state index contributed by atoms with van der Waals surface area (Å²) in [6, 6.07) is 8.24. The first-order chi connectivity index (χ1) is 7.70. The molecule has 1 aromatic carbocycles. The number of nitriles is 1. The van der Waals surface area contributed by atoms with Gasteiger partial charge in [0.15, 0.2) is 0 Å². The molecule has 0 fully saturated rings. The van der Waals surface area contributed by atoms with Gasteiger partial charge in [0.2, 0.25) is 6.10 Å². The maximum Gasteiger partial charge on any atom is 0.218 e. The van der Waals surface area contributed by atoms with Crippen molar-refractivity contribution in [2.45, 2.75) is 31.3 Å². The molecule has 2 rings (SSSR count). The lowest BCUT2D eigenvalue weighted by molar-refractivity contribution is 0.125. The topological polar surface area (TPSA) is 45.4 Å². The van der Waals surface area contributed by atoms with Gasteiger partial charge in [-0.2, -0.15) is 5.26 Å². The van der Waals surface area contributed by atoms with Crippen molar-refractivity contribution in [3.63, 3.8) is 0 Å². The molecule has 0 amide bonds. The van der Waals surface area contributed by atoms with Gasteiger partial charge in [0.25, 0.3) is 0 Å². The Morgan fingerprint density at radius 2 is 2.31 bits per heavy atom. The minimum Gasteiger partial charge on any atom is -0.376 e. The minimum absolute atomic E-state index is 0.410. The Labute approximate surface area is 99.1 Å². The number of aryl methyl sites for hydroxylation is 1. The van der Waals surface area contributed by atoms with E-state index in [2.05, 4.69) is 37.2 Å². The summed E-state index contributed by atoms with van der Waals surface area (Å²) in [6.07, 6.45) is 0.182. The van der Waals surface area contributed by atoms with Gasteiger partial charge in [0, 0.05) is 4.90 Å². The van der Waals surface area contributed by atoms with Gasteiger partial charge in [-0.05, 0) is 31.0 Å². The van der Waals surface area contributed by atoms with Crippen LogP contribution in [-0.4, -0.2) is 11.1 Å². The van der Waals surface area contributed by atoms with E-state index in [1.165, 1.54) is 16.0 Å². The maximum absolute atomic E-state index is 8.69. The van der Waals surface area contributed by atoms with E-state index in [0.29, 0.717) is 6.42 Å². The summed E-state index contributed by atoms with van der Waals surface area (Å²) in [6.45, 7) is 4.18. The standard InChI is InChI=1S/C12H12N2OS/c1-8-4-3-5-11(9(8)2)16-12-6-10(7-13)15-14-12/h3-5,10H,6H2,1-2H3. The minimum atomic E-state index is -0.410. The van der Waals surface area contributed by atoms with Crippen LogP contribution in [0.2, 0.25) is 0 Å². The number of hydrogen-bond donors (Lipinski definition) is 0. The second-order valence-electron chi connectivity index (χ2n) is 3.71. The van der Waals surface area contributed by atoms with E-state index in [4.69, 9.17) is 10.1 Å². The van der Waals surface area contributed by atoms with E-state index >= 15 is 0 Å². The van der Waals surface area contributed by atoms with Gasteiger partial charge in [-0.15, -0.1) is 0 Å². The fraction of sp³-hybridized carbons (Fsp3) is 0.333. The summed E-state index contributed by atoms with van der Waals surface area (Å²) in [4.78, 5) is 6.14. The lowest BCUT2D eigenvalue weighted by Crippen LogP contribution is -2.02. The van der Waals surface area contributed by atoms with Crippen molar-refractivity contribution in [3.05, 3.63) is 29.3 Å². The van der Waals surface area contributed by atoms with Crippen LogP contribution in [0.15, 0.2) is 28.3 Å². The molecule has 1 atom stereocenters. The molecule has 1 unspecified atom stereocenters. The second-order valence-corrected chi connectivity index (χ2v) is 4.83. The molecule has 0 aliphatic carbocycles. The van der Waals surface area contributed by atoms with Crippen LogP contribution in [0.1, 0.15) is 17.5 Å². The van der Waals surface area contributed by atoms with E-state index in [1.54, 1.807) is 11.8 Å². The molecule has 82 valence electrons. The zero-order valence-electron chi connectivity index (χ0n) is 9.23. The van der Waals surface area contributed by atoms with Crippen LogP contribution in [-0.2, 0) is 4.84 Å². The Morgan fingerprint density at radius 3 is 3.00 bits per heavy atom. The smallest absolute Gasteiger partial charge is 0.218 e. The first-order valence-electron chi connectivity index (χ1n) is 5.07. The van der Waals surface area contributed by atoms with Gasteiger partial charge < -0.3 is 4.84 Å². The summed E-state index contributed by atoms with van der Waals surface area (Å²) in [7, 11) is 0. The van der Waals surface area contributed by atoms with Crippen molar-refractivity contribution in [2.24, 2.45) is 5.16 Å². The lowest BCUT2D eigenvalue weighted by Gasteiger charge is -2.06. The highest BCUT2D eigenvalue weighted by molar-refractivity contribution is 8.14. The fourth-order valence-corrected chi connectivity index (χ4v) is 2.48. The van der Waals surface area contributed by atoms with Crippen molar-refractivity contribution in [1.82, 2.24) is 0 Å². The van der Waals surface area contributed by atoms with Crippen LogP contribution >= 0.6 is 11.8 Å². The van der Waals surface area contributed by atoms with Gasteiger partial charge in [0.05, 0.1) is 6.42 Å². The first-order valence-corrected chi connectivity index (χ1v) is 5.88. The molecule has 3 nitrogen and oxygen atoms in total. The average Bonchev–Trinajstić information content (AvgIpc) is 2.73. The Hall–Kier alpha value is -1.47. The number of benzene rings is 1. The van der Waals surface area contributed by atoms with Crippen molar-refractivity contribution in [3.8, 4) is 6.07 Å². The quantitative estimate of drug-likeness (QED) is 0.747. The molecule has 1 aliphatic heterocycles. The van der Waals surface area contributed by atoms with Crippen LogP contribution in [0, 0.1) is 25.2 Å². The summed E-state index contributed by atoms with van der Waals surface area (Å²) in [5, 5.41) is 13.5. The molecule has 1 heterocycles. The lowest BCUT2D eigenvalue weighted by atomic mass is 10.1. The normalized spacial score (nSPS) is 18.8. The third-order valence-electron chi connectivity index (χ3n) is 2.57. The number of nitrogens with zero attached hydrogens (tertiary/aromatic N) is 2. The molecule has 1 aliphatic rings. The number of thioether (sulfide) groups is 1. The van der Waals surface area contributed by atoms with Crippen LogP contribution in [0.5, 0.6) is 0 Å². The summed E-state index contributed by atoms with van der Waals surface area (Å²) in [5.74, 6) is 0. The maximum atomic E-state index is 8.69. The molecule has 0 saturated carbocycles. The molecule has 16 heavy (non-hydrogen) atoms. The monoisotopic (exact) mass is 232 g/mol. The van der Waals surface area contributed by atoms with Crippen molar-refractivity contribution in [1.29, 1.82) is 5.26 Å². The van der Waals surface area contributed by atoms with E-state index in [9.17, 15) is 0 Å². The Morgan fingerprint density at radius 1 is 1.50 bits per heavy atom. The molecular weight excluding hydrogens is 220 g/mol. The Bertz CT molecular complexity index is 476. The van der Waals surface area contributed by atoms with Crippen molar-refractivity contribution in [2.75, 3.05) is 0 Å². The number of oxime groups is 1. The zero-order chi connectivity index (χ0) is 11.5. The molecule has 0 radical (unpaired) electrons. The second kappa shape index (κ2) is 4.58. The van der Waals surface area contributed by atoms with E-state index in [1.807, 2.05) is 6.07 Å². The van der Waals surface area contributed by atoms with Crippen molar-refractivity contribution >= 4 is 16.8 Å². The van der Waals surface area contributed by atoms with Gasteiger partial charge in [-0.25, -0.2) is 0 Å². The van der Waals surface area contributed by atoms with Gasteiger partial charge in [0.1, 0.15) is 11.1 Å². The summed E-state index contributed by atoms with van der Waals surface area (Å²) >= 11 is 1.58. The van der Waals surface area contributed by atoms with Gasteiger partial charge in [-0.3, -0.25) is 0 Å². The van der Waals surface area contributed by atoms with Crippen LogP contribution < -0.4 is 0 Å². The highest BCUT2D eigenvalue weighted by atomic mass is 32.2. The molecule has 0 N–H and O–H groups in total. The summed E-state index contributed by atoms with van der Waals surface area (Å²) in [5.41, 5.74) is 2.52. The molecule has 0 saturated heterocycles. The highest BCUT2D eigenvalue weighted by Gasteiger charge is 2.21. The van der Waals surface area contributed by atoms with E-state index < -0.39 is 6.10 Å². The average molecular weight is 232 g/mol. The number of hydrogen-bond acceptors (Lipinski definition) is 4. The van der Waals surface area contributed by atoms with Crippen LogP contribution in [0.25, 0.3) is 0 Å². The molecule has 1 aromatic rings. The van der Waals surface area contributed by atoms with E-state index in [-0.39, 0.29) is 0 Å². The Kier molecular flexibility index (Phi) is 3.16. The first kappa shape index (κ1) is 11.0. The molecule has 0 aromatic heterocycles. The number of rotatable bonds is 1. The third-order valence-corrected chi connectivity index (χ3v) is 3.71. The van der Waals surface area contributed by atoms with Crippen LogP contribution in [0.3, 0.4) is 0 Å². The van der Waals surface area contributed by atoms with E-state index in [0.717, 1.165) is 5.04 Å². The van der Waals surface area contributed by atoms with Gasteiger partial charge in [-0.1, -0.05) is 29.1 Å². The highest BCUT2D eigenvalue weighted by Crippen LogP contribution is 2.29. The molecule has 0 spiro atoms. The SMILES string of the molecule is Cc1cccc(SC2=NOC(C#N)C2)c1C. The predicted molar refractivity (Wildman–Crippen MR) is 64.3 cm³/mol. The summed E-state index contributed by atoms with van der Waals surface area (Å²) < 4.78 is 0. The van der Waals surface area contributed by atoms with Crippen molar-refractivity contribution < 1.29 is 4.84 Å². The molecule has 0 bridgehead atoms. The predicted octanol–water partition coefficient (Wildman–Crippen LogP) is 3.02. The molecule has 4 heteroatoms. The zero-order valence-corrected chi connectivity index (χ0v) is 10.0. The fourth-order valence-electron chi connectivity index (χ4n) is 1.45. The Balaban J connectivity index is 2.11. The van der Waals surface area contributed by atoms with Gasteiger partial charge >= 0.3 is 0 Å². The molecular formula is C12H12N2OS. The largest absolute Gasteiger partial charge is 0.376 e. The third kappa shape index (κ3) is 2.20. The van der Waals surface area contributed by atoms with Crippen LogP contribution in [0.4, 0.5) is 0 Å².